The number of rotatable bonds is 5. The zero-order valence-electron chi connectivity index (χ0n) is 12.2. The fourth-order valence-corrected chi connectivity index (χ4v) is 2.10. The number of halogens is 1. The van der Waals surface area contributed by atoms with E-state index in [0.717, 1.165) is 5.56 Å². The highest BCUT2D eigenvalue weighted by molar-refractivity contribution is 6.30. The van der Waals surface area contributed by atoms with Crippen molar-refractivity contribution >= 4 is 23.5 Å². The van der Waals surface area contributed by atoms with E-state index in [1.54, 1.807) is 37.5 Å². The van der Waals surface area contributed by atoms with E-state index in [9.17, 15) is 9.59 Å². The Balaban J connectivity index is 2.18. The van der Waals surface area contributed by atoms with Crippen LogP contribution in [0.2, 0.25) is 5.02 Å². The minimum atomic E-state index is -0.502. The van der Waals surface area contributed by atoms with Gasteiger partial charge in [0.1, 0.15) is 0 Å². The Morgan fingerprint density at radius 1 is 1.36 bits per heavy atom. The van der Waals surface area contributed by atoms with Gasteiger partial charge in [-0.3, -0.25) is 14.3 Å². The van der Waals surface area contributed by atoms with E-state index in [1.165, 1.54) is 18.0 Å². The summed E-state index contributed by atoms with van der Waals surface area (Å²) in [7, 11) is 3.03. The molecule has 1 N–H and O–H groups in total. The molecule has 7 heteroatoms. The lowest BCUT2D eigenvalue weighted by Crippen LogP contribution is -2.30. The molecule has 0 saturated heterocycles. The fourth-order valence-electron chi connectivity index (χ4n) is 1.98. The number of esters is 1. The maximum atomic E-state index is 12.2. The first-order valence-corrected chi connectivity index (χ1v) is 6.99. The highest BCUT2D eigenvalue weighted by Crippen LogP contribution is 2.20. The SMILES string of the molecule is COC(=O)C[C@@H](NC(=O)c1cnn(C)c1)c1ccc(Cl)cc1. The predicted molar refractivity (Wildman–Crippen MR) is 81.5 cm³/mol. The smallest absolute Gasteiger partial charge is 0.307 e. The Bertz CT molecular complexity index is 667. The van der Waals surface area contributed by atoms with Crippen LogP contribution in [0.1, 0.15) is 28.4 Å². The number of aromatic nitrogens is 2. The summed E-state index contributed by atoms with van der Waals surface area (Å²) in [6, 6.07) is 6.44. The molecule has 22 heavy (non-hydrogen) atoms. The van der Waals surface area contributed by atoms with E-state index >= 15 is 0 Å². The van der Waals surface area contributed by atoms with Crippen molar-refractivity contribution in [2.45, 2.75) is 12.5 Å². The van der Waals surface area contributed by atoms with Crippen molar-refractivity contribution in [3.63, 3.8) is 0 Å². The summed E-state index contributed by atoms with van der Waals surface area (Å²) in [5, 5.41) is 7.35. The van der Waals surface area contributed by atoms with Crippen LogP contribution >= 0.6 is 11.6 Å². The van der Waals surface area contributed by atoms with E-state index in [1.807, 2.05) is 0 Å². The number of methoxy groups -OCH3 is 1. The van der Waals surface area contributed by atoms with Gasteiger partial charge in [0, 0.05) is 18.3 Å². The standard InChI is InChI=1S/C15H16ClN3O3/c1-19-9-11(8-17-19)15(21)18-13(7-14(20)22-2)10-3-5-12(16)6-4-10/h3-6,8-9,13H,7H2,1-2H3,(H,18,21)/t13-/m1/s1. The molecule has 0 saturated carbocycles. The molecule has 116 valence electrons. The molecule has 2 rings (SSSR count). The summed E-state index contributed by atoms with van der Waals surface area (Å²) in [4.78, 5) is 23.8. The van der Waals surface area contributed by atoms with E-state index in [2.05, 4.69) is 15.2 Å². The quantitative estimate of drug-likeness (QED) is 0.856. The van der Waals surface area contributed by atoms with Crippen molar-refractivity contribution in [1.82, 2.24) is 15.1 Å². The molecule has 6 nitrogen and oxygen atoms in total. The van der Waals surface area contributed by atoms with Crippen molar-refractivity contribution in [1.29, 1.82) is 0 Å². The maximum Gasteiger partial charge on any atom is 0.307 e. The Kier molecular flexibility index (Phi) is 5.16. The number of aryl methyl sites for hydroxylation is 1. The minimum Gasteiger partial charge on any atom is -0.469 e. The number of carbonyl (C=O) groups excluding carboxylic acids is 2. The van der Waals surface area contributed by atoms with Crippen LogP contribution in [0, 0.1) is 0 Å². The van der Waals surface area contributed by atoms with E-state index < -0.39 is 12.0 Å². The normalized spacial score (nSPS) is 11.8. The molecule has 0 radical (unpaired) electrons. The van der Waals surface area contributed by atoms with Crippen LogP contribution < -0.4 is 5.32 Å². The van der Waals surface area contributed by atoms with Crippen LogP contribution in [0.25, 0.3) is 0 Å². The third-order valence-corrected chi connectivity index (χ3v) is 3.40. The first kappa shape index (κ1) is 16.0. The van der Waals surface area contributed by atoms with Crippen molar-refractivity contribution in [2.75, 3.05) is 7.11 Å². The van der Waals surface area contributed by atoms with Gasteiger partial charge in [0.15, 0.2) is 0 Å². The molecule has 0 unspecified atom stereocenters. The number of nitrogens with zero attached hydrogens (tertiary/aromatic N) is 2. The molecule has 0 spiro atoms. The van der Waals surface area contributed by atoms with Crippen LogP contribution in [0.5, 0.6) is 0 Å². The van der Waals surface area contributed by atoms with Gasteiger partial charge in [-0.25, -0.2) is 0 Å². The molecular weight excluding hydrogens is 306 g/mol. The number of ether oxygens (including phenoxy) is 1. The second-order valence-corrected chi connectivity index (χ2v) is 5.20. The first-order chi connectivity index (χ1) is 10.5. The van der Waals surface area contributed by atoms with Crippen LogP contribution in [-0.2, 0) is 16.6 Å². The van der Waals surface area contributed by atoms with Crippen LogP contribution in [-0.4, -0.2) is 28.8 Å². The van der Waals surface area contributed by atoms with Crippen LogP contribution in [0.3, 0.4) is 0 Å². The van der Waals surface area contributed by atoms with Crippen molar-refractivity contribution in [3.8, 4) is 0 Å². The fraction of sp³-hybridized carbons (Fsp3) is 0.267. The molecule has 1 heterocycles. The summed E-state index contributed by atoms with van der Waals surface area (Å²) in [6.45, 7) is 0. The molecule has 0 bridgehead atoms. The highest BCUT2D eigenvalue weighted by Gasteiger charge is 2.20. The van der Waals surface area contributed by atoms with Crippen molar-refractivity contribution < 1.29 is 14.3 Å². The van der Waals surface area contributed by atoms with Gasteiger partial charge in [0.2, 0.25) is 0 Å². The number of benzene rings is 1. The number of amides is 1. The van der Waals surface area contributed by atoms with E-state index in [0.29, 0.717) is 10.6 Å². The summed E-state index contributed by atoms with van der Waals surface area (Å²) < 4.78 is 6.22. The van der Waals surface area contributed by atoms with Crippen LogP contribution in [0.4, 0.5) is 0 Å². The lowest BCUT2D eigenvalue weighted by molar-refractivity contribution is -0.141. The van der Waals surface area contributed by atoms with Gasteiger partial charge < -0.3 is 10.1 Å². The van der Waals surface area contributed by atoms with Crippen molar-refractivity contribution in [2.24, 2.45) is 7.05 Å². The number of nitrogens with one attached hydrogen (secondary N) is 1. The molecule has 1 amide bonds. The van der Waals surface area contributed by atoms with Gasteiger partial charge >= 0.3 is 5.97 Å². The zero-order chi connectivity index (χ0) is 16.1. The molecule has 1 aromatic carbocycles. The molecular formula is C15H16ClN3O3. The minimum absolute atomic E-state index is 0.0319. The first-order valence-electron chi connectivity index (χ1n) is 6.61. The number of hydrogen-bond acceptors (Lipinski definition) is 4. The largest absolute Gasteiger partial charge is 0.469 e. The highest BCUT2D eigenvalue weighted by atomic mass is 35.5. The zero-order valence-corrected chi connectivity index (χ0v) is 13.0. The summed E-state index contributed by atoms with van der Waals surface area (Å²) in [5.41, 5.74) is 1.19. The predicted octanol–water partition coefficient (Wildman–Crippen LogP) is 2.11. The Morgan fingerprint density at radius 3 is 2.59 bits per heavy atom. The maximum absolute atomic E-state index is 12.2. The van der Waals surface area contributed by atoms with E-state index in [4.69, 9.17) is 11.6 Å². The molecule has 0 aliphatic rings. The summed E-state index contributed by atoms with van der Waals surface area (Å²) in [6.07, 6.45) is 3.10. The number of hydrogen-bond donors (Lipinski definition) is 1. The van der Waals surface area contributed by atoms with Gasteiger partial charge in [-0.05, 0) is 17.7 Å². The third-order valence-electron chi connectivity index (χ3n) is 3.14. The monoisotopic (exact) mass is 321 g/mol. The average Bonchev–Trinajstić information content (AvgIpc) is 2.94. The Morgan fingerprint density at radius 2 is 2.05 bits per heavy atom. The summed E-state index contributed by atoms with van der Waals surface area (Å²) in [5.74, 6) is -0.719. The molecule has 0 fully saturated rings. The Labute approximate surface area is 133 Å². The molecule has 1 atom stereocenters. The summed E-state index contributed by atoms with van der Waals surface area (Å²) >= 11 is 5.86. The molecule has 0 aliphatic carbocycles. The second kappa shape index (κ2) is 7.09. The number of carbonyl (C=O) groups is 2. The third kappa shape index (κ3) is 4.08. The molecule has 2 aromatic rings. The molecule has 0 aliphatic heterocycles. The average molecular weight is 322 g/mol. The van der Waals surface area contributed by atoms with Gasteiger partial charge in [0.25, 0.3) is 5.91 Å². The van der Waals surface area contributed by atoms with Gasteiger partial charge in [-0.1, -0.05) is 23.7 Å². The van der Waals surface area contributed by atoms with Crippen molar-refractivity contribution in [3.05, 3.63) is 52.8 Å². The lowest BCUT2D eigenvalue weighted by atomic mass is 10.0. The topological polar surface area (TPSA) is 73.2 Å². The second-order valence-electron chi connectivity index (χ2n) is 4.76. The van der Waals surface area contributed by atoms with E-state index in [-0.39, 0.29) is 12.3 Å². The van der Waals surface area contributed by atoms with Crippen LogP contribution in [0.15, 0.2) is 36.7 Å². The Hall–Kier alpha value is -2.34. The lowest BCUT2D eigenvalue weighted by Gasteiger charge is -2.18. The van der Waals surface area contributed by atoms with Gasteiger partial charge in [-0.15, -0.1) is 0 Å². The van der Waals surface area contributed by atoms with Gasteiger partial charge in [0.05, 0.1) is 31.3 Å². The van der Waals surface area contributed by atoms with Gasteiger partial charge in [-0.2, -0.15) is 5.10 Å². The molecule has 1 aromatic heterocycles.